The predicted molar refractivity (Wildman–Crippen MR) is 145 cm³/mol. The third-order valence-corrected chi connectivity index (χ3v) is 6.38. The largest absolute Gasteiger partial charge is 0.493 e. The lowest BCUT2D eigenvalue weighted by Crippen LogP contribution is -2.35. The van der Waals surface area contributed by atoms with E-state index < -0.39 is 17.6 Å². The van der Waals surface area contributed by atoms with Crippen molar-refractivity contribution in [2.45, 2.75) is 20.8 Å². The first-order valence-electron chi connectivity index (χ1n) is 11.4. The molecule has 0 fully saturated rings. The van der Waals surface area contributed by atoms with Gasteiger partial charge in [0.15, 0.2) is 11.5 Å². The third kappa shape index (κ3) is 4.76. The number of aryl methyl sites for hydroxylation is 2. The number of carbonyl (C=O) groups excluding carboxylic acids is 2. The molecule has 9 nitrogen and oxygen atoms in total. The van der Waals surface area contributed by atoms with Gasteiger partial charge < -0.3 is 24.4 Å². The van der Waals surface area contributed by atoms with Crippen molar-refractivity contribution >= 4 is 45.9 Å². The number of fused-ring (bicyclic) bond motifs is 1. The summed E-state index contributed by atoms with van der Waals surface area (Å²) in [7, 11) is 2.71. The van der Waals surface area contributed by atoms with Gasteiger partial charge in [-0.3, -0.25) is 9.69 Å². The molecule has 3 aromatic carbocycles. The Bertz CT molecular complexity index is 1620. The van der Waals surface area contributed by atoms with Gasteiger partial charge in [-0.25, -0.2) is 9.59 Å². The Balaban J connectivity index is 2.13. The molecule has 0 atom stereocenters. The maximum atomic E-state index is 13.6. The van der Waals surface area contributed by atoms with Crippen molar-refractivity contribution in [3.05, 3.63) is 75.1 Å². The minimum absolute atomic E-state index is 0.00241. The molecule has 1 aromatic heterocycles. The molecule has 0 bridgehead atoms. The second-order valence-electron chi connectivity index (χ2n) is 8.47. The molecule has 0 unspecified atom stereocenters. The summed E-state index contributed by atoms with van der Waals surface area (Å²) < 4.78 is 21.7. The molecule has 0 aliphatic heterocycles. The van der Waals surface area contributed by atoms with Crippen LogP contribution in [-0.4, -0.2) is 26.2 Å². The SMILES string of the molecule is COc1cc(N(C(N)=O)c2c(-c3ccccc3C)c3cc(Cl)c(C)cc3oc2=O)cc(OC)c1OC(C)=O. The van der Waals surface area contributed by atoms with Gasteiger partial charge in [0.2, 0.25) is 5.75 Å². The van der Waals surface area contributed by atoms with E-state index in [4.69, 9.17) is 36.0 Å². The minimum atomic E-state index is -0.978. The van der Waals surface area contributed by atoms with E-state index in [-0.39, 0.29) is 28.6 Å². The summed E-state index contributed by atoms with van der Waals surface area (Å²) in [6, 6.07) is 12.6. The van der Waals surface area contributed by atoms with Crippen molar-refractivity contribution in [1.82, 2.24) is 0 Å². The molecule has 1 heterocycles. The van der Waals surface area contributed by atoms with Gasteiger partial charge in [-0.05, 0) is 42.7 Å². The molecule has 4 rings (SSSR count). The molecule has 0 spiro atoms. The highest BCUT2D eigenvalue weighted by atomic mass is 35.5. The summed E-state index contributed by atoms with van der Waals surface area (Å²) in [5.74, 6) is -0.461. The van der Waals surface area contributed by atoms with Crippen molar-refractivity contribution in [3.8, 4) is 28.4 Å². The number of ether oxygens (including phenoxy) is 3. The zero-order valence-corrected chi connectivity index (χ0v) is 22.1. The number of urea groups is 1. The van der Waals surface area contributed by atoms with E-state index in [9.17, 15) is 14.4 Å². The standard InChI is InChI=1S/C28H25ClN2O7/c1-14-8-6-7-9-18(14)24-19-13-20(29)15(2)10-21(19)38-27(33)25(24)31(28(30)34)17-11-22(35-4)26(37-16(3)32)23(12-17)36-5/h6-13H,1-5H3,(H2,30,34). The summed E-state index contributed by atoms with van der Waals surface area (Å²) in [6.45, 7) is 4.90. The number of halogens is 1. The zero-order chi connectivity index (χ0) is 27.7. The number of primary amides is 1. The lowest BCUT2D eigenvalue weighted by molar-refractivity contribution is -0.132. The Morgan fingerprint density at radius 1 is 0.974 bits per heavy atom. The molecular weight excluding hydrogens is 512 g/mol. The Kier molecular flexibility index (Phi) is 7.32. The second-order valence-corrected chi connectivity index (χ2v) is 8.88. The van der Waals surface area contributed by atoms with Crippen molar-refractivity contribution in [1.29, 1.82) is 0 Å². The molecule has 0 saturated heterocycles. The maximum absolute atomic E-state index is 13.6. The van der Waals surface area contributed by atoms with E-state index in [0.717, 1.165) is 10.5 Å². The molecule has 0 aliphatic carbocycles. The van der Waals surface area contributed by atoms with Crippen LogP contribution in [0, 0.1) is 13.8 Å². The molecule has 2 amide bonds. The number of nitrogens with zero attached hydrogens (tertiary/aromatic N) is 1. The molecule has 38 heavy (non-hydrogen) atoms. The van der Waals surface area contributed by atoms with Crippen molar-refractivity contribution in [3.63, 3.8) is 0 Å². The molecular formula is C28H25ClN2O7. The lowest BCUT2D eigenvalue weighted by atomic mass is 9.95. The highest BCUT2D eigenvalue weighted by molar-refractivity contribution is 6.32. The van der Waals surface area contributed by atoms with Crippen LogP contribution in [0.3, 0.4) is 0 Å². The average molecular weight is 537 g/mol. The van der Waals surface area contributed by atoms with Gasteiger partial charge >= 0.3 is 17.6 Å². The Morgan fingerprint density at radius 2 is 1.61 bits per heavy atom. The fourth-order valence-corrected chi connectivity index (χ4v) is 4.41. The average Bonchev–Trinajstić information content (AvgIpc) is 2.86. The molecule has 0 saturated carbocycles. The number of esters is 1. The van der Waals surface area contributed by atoms with Gasteiger partial charge in [-0.15, -0.1) is 0 Å². The number of nitrogens with two attached hydrogens (primary N) is 1. The summed E-state index contributed by atoms with van der Waals surface area (Å²) in [6.07, 6.45) is 0. The van der Waals surface area contributed by atoms with Crippen LogP contribution >= 0.6 is 11.6 Å². The Labute approximate surface area is 223 Å². The number of hydrogen-bond acceptors (Lipinski definition) is 7. The molecule has 4 aromatic rings. The van der Waals surface area contributed by atoms with Crippen molar-refractivity contribution < 1.29 is 28.2 Å². The van der Waals surface area contributed by atoms with Crippen LogP contribution in [-0.2, 0) is 4.79 Å². The third-order valence-electron chi connectivity index (χ3n) is 5.97. The summed E-state index contributed by atoms with van der Waals surface area (Å²) in [5, 5.41) is 0.957. The Hall–Kier alpha value is -4.50. The van der Waals surface area contributed by atoms with Crippen molar-refractivity contribution in [2.24, 2.45) is 5.73 Å². The number of benzene rings is 3. The molecule has 2 N–H and O–H groups in total. The van der Waals surface area contributed by atoms with Crippen molar-refractivity contribution in [2.75, 3.05) is 19.1 Å². The highest BCUT2D eigenvalue weighted by Gasteiger charge is 2.29. The van der Waals surface area contributed by atoms with E-state index in [1.165, 1.54) is 33.3 Å². The van der Waals surface area contributed by atoms with Crippen LogP contribution in [0.1, 0.15) is 18.1 Å². The zero-order valence-electron chi connectivity index (χ0n) is 21.4. The topological polar surface area (TPSA) is 121 Å². The quantitative estimate of drug-likeness (QED) is 0.185. The smallest absolute Gasteiger partial charge is 0.361 e. The van der Waals surface area contributed by atoms with Gasteiger partial charge in [0.25, 0.3) is 0 Å². The number of anilines is 2. The van der Waals surface area contributed by atoms with Gasteiger partial charge in [0.1, 0.15) is 11.3 Å². The van der Waals surface area contributed by atoms with Gasteiger partial charge in [0, 0.05) is 35.0 Å². The number of hydrogen-bond donors (Lipinski definition) is 1. The first kappa shape index (κ1) is 26.6. The van der Waals surface area contributed by atoms with Crippen LogP contribution in [0.5, 0.6) is 17.2 Å². The molecule has 0 radical (unpaired) electrons. The van der Waals surface area contributed by atoms with Gasteiger partial charge in [0.05, 0.1) is 19.9 Å². The molecule has 0 aliphatic rings. The molecule has 10 heteroatoms. The summed E-state index contributed by atoms with van der Waals surface area (Å²) in [4.78, 5) is 39.3. The number of methoxy groups -OCH3 is 2. The lowest BCUT2D eigenvalue weighted by Gasteiger charge is -2.25. The van der Waals surface area contributed by atoms with Crippen LogP contribution in [0.4, 0.5) is 16.2 Å². The van der Waals surface area contributed by atoms with E-state index in [1.807, 2.05) is 31.2 Å². The van der Waals surface area contributed by atoms with Crippen LogP contribution in [0.2, 0.25) is 5.02 Å². The predicted octanol–water partition coefficient (Wildman–Crippen LogP) is 5.89. The fraction of sp³-hybridized carbons (Fsp3) is 0.179. The van der Waals surface area contributed by atoms with Gasteiger partial charge in [-0.1, -0.05) is 35.9 Å². The van der Waals surface area contributed by atoms with Crippen LogP contribution in [0.15, 0.2) is 57.7 Å². The minimum Gasteiger partial charge on any atom is -0.493 e. The highest BCUT2D eigenvalue weighted by Crippen LogP contribution is 2.45. The summed E-state index contributed by atoms with van der Waals surface area (Å²) >= 11 is 6.48. The first-order valence-corrected chi connectivity index (χ1v) is 11.8. The number of amides is 2. The number of carbonyl (C=O) groups is 2. The number of rotatable bonds is 6. The fourth-order valence-electron chi connectivity index (χ4n) is 4.25. The van der Waals surface area contributed by atoms with E-state index in [1.54, 1.807) is 19.1 Å². The van der Waals surface area contributed by atoms with Crippen LogP contribution in [0.25, 0.3) is 22.1 Å². The monoisotopic (exact) mass is 536 g/mol. The van der Waals surface area contributed by atoms with E-state index >= 15 is 0 Å². The first-order chi connectivity index (χ1) is 18.1. The Morgan fingerprint density at radius 3 is 2.16 bits per heavy atom. The van der Waals surface area contributed by atoms with E-state index in [2.05, 4.69) is 0 Å². The summed E-state index contributed by atoms with van der Waals surface area (Å²) in [5.41, 5.74) is 7.95. The van der Waals surface area contributed by atoms with Crippen LogP contribution < -0.4 is 30.5 Å². The maximum Gasteiger partial charge on any atom is 0.361 e. The van der Waals surface area contributed by atoms with Gasteiger partial charge in [-0.2, -0.15) is 0 Å². The second kappa shape index (κ2) is 10.5. The molecule has 196 valence electrons. The van der Waals surface area contributed by atoms with E-state index in [0.29, 0.717) is 32.7 Å². The normalized spacial score (nSPS) is 10.8.